The minimum absolute atomic E-state index is 1.07. The van der Waals surface area contributed by atoms with E-state index in [1.807, 2.05) is 24.3 Å². The van der Waals surface area contributed by atoms with E-state index in [2.05, 4.69) is 35.0 Å². The average Bonchev–Trinajstić information content (AvgIpc) is 2.04. The molecule has 0 spiro atoms. The van der Waals surface area contributed by atoms with Gasteiger partial charge in [0.25, 0.3) is 0 Å². The van der Waals surface area contributed by atoms with Gasteiger partial charge >= 0.3 is 0 Å². The zero-order chi connectivity index (χ0) is 8.55. The fourth-order valence-electron chi connectivity index (χ4n) is 1.37. The summed E-state index contributed by atoms with van der Waals surface area (Å²) in [6, 6.07) is 12.3. The summed E-state index contributed by atoms with van der Waals surface area (Å²) in [7, 11) is 0. The predicted molar refractivity (Wildman–Crippen MR) is 56.1 cm³/mol. The maximum atomic E-state index is 3.98. The first-order chi connectivity index (χ1) is 5.79. The van der Waals surface area contributed by atoms with E-state index in [0.717, 1.165) is 10.0 Å². The molecule has 1 heteroatoms. The Morgan fingerprint density at radius 1 is 1.00 bits per heavy atom. The fourth-order valence-corrected chi connectivity index (χ4v) is 2.01. The first kappa shape index (κ1) is 7.81. The van der Waals surface area contributed by atoms with E-state index in [1.165, 1.54) is 10.8 Å². The van der Waals surface area contributed by atoms with Crippen LogP contribution in [0.25, 0.3) is 10.8 Å². The second kappa shape index (κ2) is 2.91. The Morgan fingerprint density at radius 2 is 1.67 bits per heavy atom. The lowest BCUT2D eigenvalue weighted by molar-refractivity contribution is 1.65. The molecular formula is C11H8Br. The van der Waals surface area contributed by atoms with Crippen LogP contribution in [0.1, 0.15) is 5.56 Å². The van der Waals surface area contributed by atoms with Crippen molar-refractivity contribution in [1.29, 1.82) is 0 Å². The molecule has 12 heavy (non-hydrogen) atoms. The van der Waals surface area contributed by atoms with Gasteiger partial charge in [-0.3, -0.25) is 0 Å². The third-order valence-electron chi connectivity index (χ3n) is 1.94. The molecule has 2 aromatic rings. The van der Waals surface area contributed by atoms with Crippen LogP contribution in [-0.2, 0) is 0 Å². The fraction of sp³-hybridized carbons (Fsp3) is 0. The van der Waals surface area contributed by atoms with Crippen LogP contribution in [0.5, 0.6) is 0 Å². The van der Waals surface area contributed by atoms with E-state index in [0.29, 0.717) is 0 Å². The Balaban J connectivity index is 2.96. The molecule has 0 aliphatic heterocycles. The summed E-state index contributed by atoms with van der Waals surface area (Å²) in [6.07, 6.45) is 0. The van der Waals surface area contributed by atoms with E-state index in [-0.39, 0.29) is 0 Å². The van der Waals surface area contributed by atoms with Crippen LogP contribution < -0.4 is 0 Å². The maximum Gasteiger partial charge on any atom is 0.0256 e. The summed E-state index contributed by atoms with van der Waals surface area (Å²) in [5.74, 6) is 0. The van der Waals surface area contributed by atoms with Gasteiger partial charge in [-0.25, -0.2) is 0 Å². The smallest absolute Gasteiger partial charge is 0.0256 e. The van der Waals surface area contributed by atoms with Gasteiger partial charge in [0.05, 0.1) is 0 Å². The number of fused-ring (bicyclic) bond motifs is 1. The highest BCUT2D eigenvalue weighted by molar-refractivity contribution is 9.10. The first-order valence-electron chi connectivity index (χ1n) is 3.78. The van der Waals surface area contributed by atoms with E-state index in [9.17, 15) is 0 Å². The third kappa shape index (κ3) is 1.14. The highest BCUT2D eigenvalue weighted by atomic mass is 79.9. The van der Waals surface area contributed by atoms with E-state index in [1.54, 1.807) is 0 Å². The Bertz CT molecular complexity index is 382. The molecule has 0 saturated carbocycles. The Hall–Kier alpha value is -0.820. The minimum Gasteiger partial charge on any atom is -0.0614 e. The lowest BCUT2D eigenvalue weighted by atomic mass is 10.1. The molecular weight excluding hydrogens is 212 g/mol. The van der Waals surface area contributed by atoms with Gasteiger partial charge in [0.2, 0.25) is 0 Å². The van der Waals surface area contributed by atoms with Crippen LogP contribution in [0.15, 0.2) is 40.9 Å². The van der Waals surface area contributed by atoms with Crippen LogP contribution in [0, 0.1) is 6.92 Å². The molecule has 0 aliphatic carbocycles. The lowest BCUT2D eigenvalue weighted by Gasteiger charge is -2.02. The highest BCUT2D eigenvalue weighted by Crippen LogP contribution is 2.26. The van der Waals surface area contributed by atoms with Crippen molar-refractivity contribution in [2.45, 2.75) is 0 Å². The number of halogens is 1. The van der Waals surface area contributed by atoms with Gasteiger partial charge < -0.3 is 0 Å². The van der Waals surface area contributed by atoms with Crippen molar-refractivity contribution in [3.63, 3.8) is 0 Å². The van der Waals surface area contributed by atoms with Crippen molar-refractivity contribution < 1.29 is 0 Å². The molecule has 1 radical (unpaired) electrons. The Labute approximate surface area is 80.3 Å². The van der Waals surface area contributed by atoms with Crippen LogP contribution >= 0.6 is 15.9 Å². The summed E-state index contributed by atoms with van der Waals surface area (Å²) in [6.45, 7) is 3.98. The molecule has 0 aromatic heterocycles. The quantitative estimate of drug-likeness (QED) is 0.633. The molecule has 59 valence electrons. The van der Waals surface area contributed by atoms with Crippen molar-refractivity contribution >= 4 is 26.7 Å². The molecule has 0 bridgehead atoms. The average molecular weight is 220 g/mol. The van der Waals surface area contributed by atoms with Crippen LogP contribution in [0.3, 0.4) is 0 Å². The van der Waals surface area contributed by atoms with Crippen molar-refractivity contribution in [1.82, 2.24) is 0 Å². The Morgan fingerprint density at radius 3 is 2.33 bits per heavy atom. The molecule has 0 amide bonds. The maximum absolute atomic E-state index is 3.98. The van der Waals surface area contributed by atoms with Gasteiger partial charge in [-0.1, -0.05) is 46.3 Å². The molecule has 0 aliphatic rings. The largest absolute Gasteiger partial charge is 0.0614 e. The van der Waals surface area contributed by atoms with Gasteiger partial charge in [0.15, 0.2) is 0 Å². The molecule has 2 aromatic carbocycles. The van der Waals surface area contributed by atoms with Crippen molar-refractivity contribution in [2.75, 3.05) is 0 Å². The van der Waals surface area contributed by atoms with Gasteiger partial charge in [-0.15, -0.1) is 0 Å². The summed E-state index contributed by atoms with van der Waals surface area (Å²) >= 11 is 3.51. The zero-order valence-electron chi connectivity index (χ0n) is 6.55. The van der Waals surface area contributed by atoms with E-state index < -0.39 is 0 Å². The summed E-state index contributed by atoms with van der Waals surface area (Å²) in [5, 5.41) is 2.44. The van der Waals surface area contributed by atoms with Crippen LogP contribution in [0.2, 0.25) is 0 Å². The van der Waals surface area contributed by atoms with E-state index in [4.69, 9.17) is 0 Å². The molecule has 2 rings (SSSR count). The molecule has 0 fully saturated rings. The standard InChI is InChI=1S/C11H8Br/c1-8-4-2-5-9-6-3-7-10(12)11(8)9/h2-7H,1H2. The highest BCUT2D eigenvalue weighted by Gasteiger charge is 1.99. The zero-order valence-corrected chi connectivity index (χ0v) is 8.14. The van der Waals surface area contributed by atoms with Gasteiger partial charge in [-0.05, 0) is 29.3 Å². The van der Waals surface area contributed by atoms with Crippen LogP contribution in [-0.4, -0.2) is 0 Å². The SMILES string of the molecule is [CH2]c1cccc2cccc(Br)c12. The monoisotopic (exact) mass is 219 g/mol. The second-order valence-electron chi connectivity index (χ2n) is 2.76. The topological polar surface area (TPSA) is 0 Å². The van der Waals surface area contributed by atoms with Gasteiger partial charge in [0.1, 0.15) is 0 Å². The number of hydrogen-bond donors (Lipinski definition) is 0. The summed E-state index contributed by atoms with van der Waals surface area (Å²) in [4.78, 5) is 0. The van der Waals surface area contributed by atoms with Crippen LogP contribution in [0.4, 0.5) is 0 Å². The lowest BCUT2D eigenvalue weighted by Crippen LogP contribution is -1.78. The first-order valence-corrected chi connectivity index (χ1v) is 4.57. The summed E-state index contributed by atoms with van der Waals surface area (Å²) < 4.78 is 1.12. The predicted octanol–water partition coefficient (Wildman–Crippen LogP) is 3.78. The third-order valence-corrected chi connectivity index (χ3v) is 2.60. The number of benzene rings is 2. The van der Waals surface area contributed by atoms with E-state index >= 15 is 0 Å². The molecule has 0 atom stereocenters. The Kier molecular flexibility index (Phi) is 1.89. The molecule has 0 saturated heterocycles. The van der Waals surface area contributed by atoms with Crippen molar-refractivity contribution in [2.24, 2.45) is 0 Å². The summed E-state index contributed by atoms with van der Waals surface area (Å²) in [5.41, 5.74) is 1.07. The van der Waals surface area contributed by atoms with Gasteiger partial charge in [-0.2, -0.15) is 0 Å². The number of rotatable bonds is 0. The van der Waals surface area contributed by atoms with Crippen molar-refractivity contribution in [3.8, 4) is 0 Å². The minimum atomic E-state index is 1.07. The number of hydrogen-bond acceptors (Lipinski definition) is 0. The molecule has 0 heterocycles. The van der Waals surface area contributed by atoms with Gasteiger partial charge in [0, 0.05) is 4.47 Å². The second-order valence-corrected chi connectivity index (χ2v) is 3.61. The molecule has 0 nitrogen and oxygen atoms in total. The molecule has 0 unspecified atom stereocenters. The molecule has 0 N–H and O–H groups in total. The normalized spacial score (nSPS) is 10.5. The van der Waals surface area contributed by atoms with Crippen molar-refractivity contribution in [3.05, 3.63) is 53.4 Å².